The molecule has 5 atom stereocenters. The van der Waals surface area contributed by atoms with E-state index in [-0.39, 0.29) is 22.9 Å². The first kappa shape index (κ1) is 14.7. The molecule has 1 N–H and O–H groups in total. The molecule has 3 saturated carbocycles. The van der Waals surface area contributed by atoms with E-state index in [9.17, 15) is 9.90 Å². The molecular weight excluding hydrogens is 272 g/mol. The maximum absolute atomic E-state index is 13.2. The quantitative estimate of drug-likeness (QED) is 0.742. The molecule has 0 amide bonds. The molecule has 0 aromatic heterocycles. The lowest BCUT2D eigenvalue weighted by atomic mass is 9.44. The van der Waals surface area contributed by atoms with Crippen molar-refractivity contribution in [3.05, 3.63) is 23.8 Å². The fourth-order valence-electron chi connectivity index (χ4n) is 6.65. The average molecular weight is 300 g/mol. The van der Waals surface area contributed by atoms with Crippen LogP contribution in [0.5, 0.6) is 0 Å². The first-order valence-corrected chi connectivity index (χ1v) is 8.91. The van der Waals surface area contributed by atoms with Crippen molar-refractivity contribution in [2.24, 2.45) is 28.1 Å². The summed E-state index contributed by atoms with van der Waals surface area (Å²) in [6.07, 6.45) is 9.62. The van der Waals surface area contributed by atoms with Gasteiger partial charge in [-0.15, -0.1) is 0 Å². The molecule has 0 aliphatic heterocycles. The summed E-state index contributed by atoms with van der Waals surface area (Å²) >= 11 is 0. The first-order valence-electron chi connectivity index (χ1n) is 8.91. The Bertz CT molecular complexity index is 589. The second-order valence-corrected chi connectivity index (χ2v) is 8.93. The molecule has 3 fully saturated rings. The third kappa shape index (κ3) is 1.57. The molecule has 0 saturated heterocycles. The highest BCUT2D eigenvalue weighted by atomic mass is 16.3. The van der Waals surface area contributed by atoms with Crippen molar-refractivity contribution >= 4 is 5.78 Å². The number of hydrogen-bond acceptors (Lipinski definition) is 2. The van der Waals surface area contributed by atoms with Gasteiger partial charge in [0.25, 0.3) is 0 Å². The van der Waals surface area contributed by atoms with E-state index in [1.54, 1.807) is 0 Å². The van der Waals surface area contributed by atoms with Crippen LogP contribution in [-0.2, 0) is 4.79 Å². The van der Waals surface area contributed by atoms with Gasteiger partial charge in [0.2, 0.25) is 0 Å². The van der Waals surface area contributed by atoms with E-state index < -0.39 is 0 Å². The van der Waals surface area contributed by atoms with Gasteiger partial charge in [0.05, 0.1) is 6.61 Å². The molecule has 0 aromatic carbocycles. The lowest BCUT2D eigenvalue weighted by molar-refractivity contribution is -0.136. The molecular formula is C20H28O2. The van der Waals surface area contributed by atoms with Crippen molar-refractivity contribution in [3.63, 3.8) is 0 Å². The zero-order chi connectivity index (χ0) is 15.8. The molecule has 2 heteroatoms. The van der Waals surface area contributed by atoms with E-state index in [4.69, 9.17) is 0 Å². The molecule has 0 heterocycles. The summed E-state index contributed by atoms with van der Waals surface area (Å²) in [5.41, 5.74) is 2.31. The summed E-state index contributed by atoms with van der Waals surface area (Å²) in [6.45, 7) is 8.97. The second-order valence-electron chi connectivity index (χ2n) is 8.93. The van der Waals surface area contributed by atoms with E-state index in [2.05, 4.69) is 20.4 Å². The summed E-state index contributed by atoms with van der Waals surface area (Å²) in [5.74, 6) is 1.37. The van der Waals surface area contributed by atoms with Crippen molar-refractivity contribution in [2.45, 2.75) is 58.8 Å². The summed E-state index contributed by atoms with van der Waals surface area (Å²) in [4.78, 5) is 13.2. The van der Waals surface area contributed by atoms with Gasteiger partial charge in [0.15, 0.2) is 5.78 Å². The minimum absolute atomic E-state index is 0.0965. The molecule has 1 spiro atoms. The van der Waals surface area contributed by atoms with Crippen LogP contribution in [0.25, 0.3) is 0 Å². The van der Waals surface area contributed by atoms with Gasteiger partial charge in [-0.3, -0.25) is 4.79 Å². The Morgan fingerprint density at radius 1 is 1.32 bits per heavy atom. The number of fused-ring (bicyclic) bond motifs is 3. The Morgan fingerprint density at radius 2 is 2.09 bits per heavy atom. The smallest absolute Gasteiger partial charge is 0.162 e. The third-order valence-electron chi connectivity index (χ3n) is 7.78. The number of hydrogen-bond donors (Lipinski definition) is 1. The van der Waals surface area contributed by atoms with Crippen LogP contribution in [0.4, 0.5) is 0 Å². The van der Waals surface area contributed by atoms with Crippen molar-refractivity contribution in [2.75, 3.05) is 6.61 Å². The lowest BCUT2D eigenvalue weighted by Crippen LogP contribution is -2.55. The Morgan fingerprint density at radius 3 is 2.82 bits per heavy atom. The monoisotopic (exact) mass is 300 g/mol. The van der Waals surface area contributed by atoms with Gasteiger partial charge >= 0.3 is 0 Å². The van der Waals surface area contributed by atoms with Gasteiger partial charge < -0.3 is 5.11 Å². The zero-order valence-corrected chi connectivity index (χ0v) is 14.0. The summed E-state index contributed by atoms with van der Waals surface area (Å²) in [7, 11) is 0. The van der Waals surface area contributed by atoms with Crippen LogP contribution in [0.2, 0.25) is 0 Å². The number of aliphatic hydroxyl groups excluding tert-OH is 1. The van der Waals surface area contributed by atoms with Crippen LogP contribution < -0.4 is 0 Å². The van der Waals surface area contributed by atoms with Crippen LogP contribution in [-0.4, -0.2) is 17.5 Å². The molecule has 120 valence electrons. The molecule has 0 aromatic rings. The van der Waals surface area contributed by atoms with Crippen LogP contribution >= 0.6 is 0 Å². The van der Waals surface area contributed by atoms with Gasteiger partial charge in [-0.2, -0.15) is 0 Å². The number of carbonyl (C=O) groups excluding carboxylic acids is 1. The minimum atomic E-state index is -0.198. The van der Waals surface area contributed by atoms with Crippen LogP contribution in [0.3, 0.4) is 0 Å². The molecule has 0 radical (unpaired) electrons. The third-order valence-corrected chi connectivity index (χ3v) is 7.78. The van der Waals surface area contributed by atoms with Crippen molar-refractivity contribution in [3.8, 4) is 0 Å². The van der Waals surface area contributed by atoms with E-state index >= 15 is 0 Å². The van der Waals surface area contributed by atoms with E-state index in [1.165, 1.54) is 24.0 Å². The SMILES string of the molecule is C=C1C[C@]23C[C@H]1CC[C@H]2[C@]1(C)CCC[C@](C)(CO)C1=CC3=O. The largest absolute Gasteiger partial charge is 0.395 e. The highest BCUT2D eigenvalue weighted by Gasteiger charge is 2.64. The van der Waals surface area contributed by atoms with Crippen molar-refractivity contribution in [1.29, 1.82) is 0 Å². The highest BCUT2D eigenvalue weighted by Crippen LogP contribution is 2.69. The Kier molecular flexibility index (Phi) is 2.90. The topological polar surface area (TPSA) is 37.3 Å². The van der Waals surface area contributed by atoms with Gasteiger partial charge in [-0.1, -0.05) is 38.0 Å². The van der Waals surface area contributed by atoms with Gasteiger partial charge in [0, 0.05) is 10.8 Å². The van der Waals surface area contributed by atoms with Crippen LogP contribution in [0.1, 0.15) is 58.8 Å². The molecule has 0 unspecified atom stereocenters. The maximum Gasteiger partial charge on any atom is 0.162 e. The summed E-state index contributed by atoms with van der Waals surface area (Å²) in [5, 5.41) is 9.99. The molecule has 4 rings (SSSR count). The average Bonchev–Trinajstić information content (AvgIpc) is 2.73. The van der Waals surface area contributed by atoms with Crippen molar-refractivity contribution in [1.82, 2.24) is 0 Å². The number of rotatable bonds is 1. The molecule has 2 nitrogen and oxygen atoms in total. The Balaban J connectivity index is 1.88. The fraction of sp³-hybridized carbons (Fsp3) is 0.750. The predicted molar refractivity (Wildman–Crippen MR) is 87.3 cm³/mol. The maximum atomic E-state index is 13.2. The van der Waals surface area contributed by atoms with Gasteiger partial charge in [-0.05, 0) is 61.9 Å². The van der Waals surface area contributed by atoms with E-state index in [1.807, 2.05) is 6.08 Å². The molecule has 22 heavy (non-hydrogen) atoms. The standard InChI is InChI=1S/C20H28O2/c1-13-10-20-11-14(13)5-6-15(20)19(3)8-4-7-18(2,12-21)16(19)9-17(20)22/h9,14-15,21H,1,4-8,10-12H2,2-3H3/t14-,15+,18-,19+,20+/m1/s1. The zero-order valence-electron chi connectivity index (χ0n) is 14.0. The van der Waals surface area contributed by atoms with Gasteiger partial charge in [-0.25, -0.2) is 0 Å². The molecule has 4 aliphatic rings. The number of aliphatic hydroxyl groups is 1. The number of ketones is 1. The normalized spacial score (nSPS) is 50.4. The molecule has 4 aliphatic carbocycles. The van der Waals surface area contributed by atoms with E-state index in [0.717, 1.165) is 32.1 Å². The summed E-state index contributed by atoms with van der Waals surface area (Å²) in [6, 6.07) is 0. The minimum Gasteiger partial charge on any atom is -0.395 e. The van der Waals surface area contributed by atoms with Crippen LogP contribution in [0.15, 0.2) is 23.8 Å². The predicted octanol–water partition coefficient (Wildman–Crippen LogP) is 4.05. The van der Waals surface area contributed by atoms with Gasteiger partial charge in [0.1, 0.15) is 0 Å². The second kappa shape index (κ2) is 4.35. The highest BCUT2D eigenvalue weighted by molar-refractivity contribution is 5.98. The van der Waals surface area contributed by atoms with Crippen molar-refractivity contribution < 1.29 is 9.90 Å². The molecule has 2 bridgehead atoms. The number of allylic oxidation sites excluding steroid dienone is 2. The number of carbonyl (C=O) groups is 1. The summed E-state index contributed by atoms with van der Waals surface area (Å²) < 4.78 is 0. The Labute approximate surface area is 133 Å². The van der Waals surface area contributed by atoms with E-state index in [0.29, 0.717) is 17.6 Å². The fourth-order valence-corrected chi connectivity index (χ4v) is 6.65. The lowest BCUT2D eigenvalue weighted by Gasteiger charge is -2.59. The Hall–Kier alpha value is -0.890. The van der Waals surface area contributed by atoms with Crippen LogP contribution in [0, 0.1) is 28.1 Å². The first-order chi connectivity index (χ1) is 10.4.